The number of aliphatic hydroxyl groups excluding tert-OH is 4. The van der Waals surface area contributed by atoms with Crippen LogP contribution in [0.3, 0.4) is 0 Å². The van der Waals surface area contributed by atoms with E-state index in [1.54, 1.807) is 67.6 Å². The predicted molar refractivity (Wildman–Crippen MR) is 213 cm³/mol. The van der Waals surface area contributed by atoms with Gasteiger partial charge in [0.25, 0.3) is 11.8 Å². The number of rotatable bonds is 17. The number of amides is 4. The predicted octanol–water partition coefficient (Wildman–Crippen LogP) is 1.18. The maximum Gasteiger partial charge on any atom is 0.251 e. The molecule has 0 aliphatic carbocycles. The summed E-state index contributed by atoms with van der Waals surface area (Å²) in [4.78, 5) is 78.9. The van der Waals surface area contributed by atoms with Crippen molar-refractivity contribution >= 4 is 47.0 Å². The average molecular weight is 813 g/mol. The molecule has 4 amide bonds. The molecule has 304 valence electrons. The molecule has 58 heavy (non-hydrogen) atoms. The monoisotopic (exact) mass is 812 g/mol. The van der Waals surface area contributed by atoms with E-state index in [4.69, 9.17) is 4.74 Å². The molecule has 8 N–H and O–H groups in total. The van der Waals surface area contributed by atoms with E-state index in [1.165, 1.54) is 48.5 Å². The van der Waals surface area contributed by atoms with Gasteiger partial charge in [0.1, 0.15) is 30.4 Å². The second-order valence-electron chi connectivity index (χ2n) is 13.3. The van der Waals surface area contributed by atoms with Crippen molar-refractivity contribution in [3.8, 4) is 0 Å². The Morgan fingerprint density at radius 1 is 0.638 bits per heavy atom. The van der Waals surface area contributed by atoms with Gasteiger partial charge in [-0.25, -0.2) is 0 Å². The van der Waals surface area contributed by atoms with Crippen molar-refractivity contribution in [1.29, 1.82) is 0 Å². The second-order valence-corrected chi connectivity index (χ2v) is 14.5. The van der Waals surface area contributed by atoms with Gasteiger partial charge in [-0.15, -0.1) is 11.8 Å². The molecule has 0 aromatic heterocycles. The number of ketones is 2. The zero-order chi connectivity index (χ0) is 41.8. The summed E-state index contributed by atoms with van der Waals surface area (Å²) in [5.74, 6) is -3.20. The van der Waals surface area contributed by atoms with Crippen LogP contribution in [0.2, 0.25) is 0 Å². The van der Waals surface area contributed by atoms with Crippen LogP contribution in [0.15, 0.2) is 109 Å². The highest BCUT2D eigenvalue weighted by Gasteiger charge is 2.44. The maximum absolute atomic E-state index is 13.5. The number of aliphatic hydroxyl groups is 4. The lowest BCUT2D eigenvalue weighted by Gasteiger charge is -2.40. The van der Waals surface area contributed by atoms with Crippen LogP contribution in [0, 0.1) is 0 Å². The number of carbonyl (C=O) groups excluding carboxylic acids is 6. The highest BCUT2D eigenvalue weighted by Crippen LogP contribution is 2.22. The second kappa shape index (κ2) is 20.6. The van der Waals surface area contributed by atoms with Crippen LogP contribution in [0.4, 0.5) is 0 Å². The minimum Gasteiger partial charge on any atom is -0.394 e. The first-order valence-electron chi connectivity index (χ1n) is 18.4. The van der Waals surface area contributed by atoms with E-state index >= 15 is 0 Å². The van der Waals surface area contributed by atoms with E-state index < -0.39 is 72.2 Å². The van der Waals surface area contributed by atoms with Crippen LogP contribution in [0.25, 0.3) is 0 Å². The zero-order valence-electron chi connectivity index (χ0n) is 31.3. The molecule has 1 aliphatic heterocycles. The Morgan fingerprint density at radius 3 is 1.62 bits per heavy atom. The van der Waals surface area contributed by atoms with Crippen LogP contribution >= 0.6 is 11.8 Å². The largest absolute Gasteiger partial charge is 0.394 e. The fraction of sp³-hybridized carbons (Fsp3) is 0.286. The Bertz CT molecular complexity index is 2050. The van der Waals surface area contributed by atoms with Crippen LogP contribution in [-0.2, 0) is 14.3 Å². The Labute approximate surface area is 338 Å². The standard InChI is InChI=1S/C42H44N4O11S/c1-2-32(41(55)46-33-37(51)36(50)31(22-47)57-42(33)56)58-23-44-40(54)30(45-39(53)29-19-15-27(16-20-29)35(49)25-11-7-4-8-12-25)21-43-38(52)28-17-13-26(14-18-28)34(48)24-9-5-3-6-10-24/h3-20,30-33,36-37,42,47,50-51,56H,2,21-23H2,1H3,(H,43,52)(H,44,54)(H,45,53)(H,46,55). The lowest BCUT2D eigenvalue weighted by Crippen LogP contribution is -2.64. The summed E-state index contributed by atoms with van der Waals surface area (Å²) >= 11 is 1.00. The molecule has 1 aliphatic rings. The summed E-state index contributed by atoms with van der Waals surface area (Å²) in [7, 11) is 0. The molecule has 16 heteroatoms. The first-order chi connectivity index (χ1) is 27.9. The molecule has 0 saturated carbocycles. The number of benzene rings is 4. The van der Waals surface area contributed by atoms with Gasteiger partial charge in [-0.1, -0.05) is 91.9 Å². The summed E-state index contributed by atoms with van der Waals surface area (Å²) in [5, 5.41) is 49.8. The normalized spacial score (nSPS) is 19.8. The van der Waals surface area contributed by atoms with Crippen molar-refractivity contribution in [2.75, 3.05) is 19.0 Å². The quantitative estimate of drug-likeness (QED) is 0.0554. The van der Waals surface area contributed by atoms with Crippen molar-refractivity contribution in [2.45, 2.75) is 55.3 Å². The number of hydrogen-bond donors (Lipinski definition) is 8. The molecular formula is C42H44N4O11S. The SMILES string of the molecule is CCC(SCNC(=O)C(CNC(=O)c1ccc(C(=O)c2ccccc2)cc1)NC(=O)c1ccc(C(=O)c2ccccc2)cc1)C(=O)NC1C(O)OC(CO)C(O)C1O. The van der Waals surface area contributed by atoms with Crippen LogP contribution in [0.1, 0.15) is 65.9 Å². The summed E-state index contributed by atoms with van der Waals surface area (Å²) in [6, 6.07) is 26.3. The molecular weight excluding hydrogens is 769 g/mol. The van der Waals surface area contributed by atoms with E-state index in [9.17, 15) is 49.2 Å². The van der Waals surface area contributed by atoms with Gasteiger partial charge in [-0.3, -0.25) is 28.8 Å². The fourth-order valence-electron chi connectivity index (χ4n) is 6.03. The summed E-state index contributed by atoms with van der Waals surface area (Å²) in [6.45, 7) is 0.671. The lowest BCUT2D eigenvalue weighted by atomic mass is 9.97. The summed E-state index contributed by atoms with van der Waals surface area (Å²) in [6.07, 6.45) is -5.92. The molecule has 0 spiro atoms. The van der Waals surface area contributed by atoms with E-state index in [-0.39, 0.29) is 41.5 Å². The van der Waals surface area contributed by atoms with Gasteiger partial charge in [-0.2, -0.15) is 0 Å². The molecule has 0 radical (unpaired) electrons. The third-order valence-electron chi connectivity index (χ3n) is 9.38. The van der Waals surface area contributed by atoms with Gasteiger partial charge in [0, 0.05) is 39.9 Å². The topological polar surface area (TPSA) is 241 Å². The van der Waals surface area contributed by atoms with E-state index in [0.717, 1.165) is 11.8 Å². The van der Waals surface area contributed by atoms with Gasteiger partial charge in [0.2, 0.25) is 11.8 Å². The highest BCUT2D eigenvalue weighted by atomic mass is 32.2. The Morgan fingerprint density at radius 2 is 1.12 bits per heavy atom. The van der Waals surface area contributed by atoms with Crippen LogP contribution < -0.4 is 21.3 Å². The Balaban J connectivity index is 1.23. The number of thioether (sulfide) groups is 1. The fourth-order valence-corrected chi connectivity index (χ4v) is 6.91. The van der Waals surface area contributed by atoms with Gasteiger partial charge in [-0.05, 0) is 30.7 Å². The molecule has 5 rings (SSSR count). The molecule has 7 unspecified atom stereocenters. The summed E-state index contributed by atoms with van der Waals surface area (Å²) in [5.41, 5.74) is 2.00. The zero-order valence-corrected chi connectivity index (χ0v) is 32.1. The smallest absolute Gasteiger partial charge is 0.251 e. The van der Waals surface area contributed by atoms with E-state index in [0.29, 0.717) is 22.3 Å². The number of nitrogens with one attached hydrogen (secondary N) is 4. The van der Waals surface area contributed by atoms with Crippen molar-refractivity contribution in [3.05, 3.63) is 143 Å². The molecule has 7 atom stereocenters. The molecule has 4 aromatic rings. The molecule has 15 nitrogen and oxygen atoms in total. The summed E-state index contributed by atoms with van der Waals surface area (Å²) < 4.78 is 5.11. The van der Waals surface area contributed by atoms with Crippen molar-refractivity contribution in [1.82, 2.24) is 21.3 Å². The third-order valence-corrected chi connectivity index (χ3v) is 10.6. The van der Waals surface area contributed by atoms with E-state index in [2.05, 4.69) is 21.3 Å². The molecule has 0 bridgehead atoms. The van der Waals surface area contributed by atoms with Gasteiger partial charge in [0.15, 0.2) is 17.9 Å². The highest BCUT2D eigenvalue weighted by molar-refractivity contribution is 8.00. The van der Waals surface area contributed by atoms with E-state index in [1.807, 2.05) is 0 Å². The number of carbonyl (C=O) groups is 6. The maximum atomic E-state index is 13.5. The molecule has 1 saturated heterocycles. The molecule has 1 fully saturated rings. The first kappa shape index (κ1) is 43.4. The average Bonchev–Trinajstić information content (AvgIpc) is 3.26. The van der Waals surface area contributed by atoms with Crippen molar-refractivity contribution in [3.63, 3.8) is 0 Å². The van der Waals surface area contributed by atoms with Crippen molar-refractivity contribution < 1.29 is 53.9 Å². The number of ether oxygens (including phenoxy) is 1. The van der Waals surface area contributed by atoms with Gasteiger partial charge < -0.3 is 46.4 Å². The lowest BCUT2D eigenvalue weighted by molar-refractivity contribution is -0.253. The third kappa shape index (κ3) is 11.0. The number of hydrogen-bond acceptors (Lipinski definition) is 12. The minimum atomic E-state index is -1.71. The van der Waals surface area contributed by atoms with Crippen LogP contribution in [-0.4, -0.2) is 117 Å². The van der Waals surface area contributed by atoms with Gasteiger partial charge in [0.05, 0.1) is 17.7 Å². The first-order valence-corrected chi connectivity index (χ1v) is 19.5. The Kier molecular flexibility index (Phi) is 15.4. The molecule has 1 heterocycles. The van der Waals surface area contributed by atoms with Crippen LogP contribution in [0.5, 0.6) is 0 Å². The van der Waals surface area contributed by atoms with Crippen molar-refractivity contribution in [2.24, 2.45) is 0 Å². The minimum absolute atomic E-state index is 0.135. The Hall–Kier alpha value is -5.75. The molecule has 4 aromatic carbocycles. The van der Waals surface area contributed by atoms with Gasteiger partial charge >= 0.3 is 0 Å².